The summed E-state index contributed by atoms with van der Waals surface area (Å²) in [4.78, 5) is 25.5. The van der Waals surface area contributed by atoms with Crippen LogP contribution in [-0.2, 0) is 23.8 Å². The van der Waals surface area contributed by atoms with Crippen LogP contribution >= 0.6 is 0 Å². The van der Waals surface area contributed by atoms with Gasteiger partial charge in [-0.25, -0.2) is 14.0 Å². The number of halogens is 1. The first kappa shape index (κ1) is 18.7. The second-order valence-electron chi connectivity index (χ2n) is 5.47. The van der Waals surface area contributed by atoms with Gasteiger partial charge < -0.3 is 23.8 Å². The Balaban J connectivity index is 2.64. The predicted molar refractivity (Wildman–Crippen MR) is 86.5 cm³/mol. The molecular formula is C17H20FNO6. The molecule has 0 amide bonds. The number of methoxy groups -OCH3 is 2. The van der Waals surface area contributed by atoms with Crippen LogP contribution in [0.5, 0.6) is 5.75 Å². The summed E-state index contributed by atoms with van der Waals surface area (Å²) in [7, 11) is 2.35. The minimum Gasteiger partial charge on any atom is -0.489 e. The van der Waals surface area contributed by atoms with Gasteiger partial charge in [0.1, 0.15) is 23.9 Å². The molecule has 0 saturated carbocycles. The van der Waals surface area contributed by atoms with Gasteiger partial charge in [0.2, 0.25) is 0 Å². The van der Waals surface area contributed by atoms with E-state index in [0.717, 1.165) is 0 Å². The van der Waals surface area contributed by atoms with E-state index in [9.17, 15) is 14.0 Å². The number of anilines is 1. The minimum atomic E-state index is -0.803. The summed E-state index contributed by atoms with van der Waals surface area (Å²) < 4.78 is 35.0. The summed E-state index contributed by atoms with van der Waals surface area (Å²) in [6.45, 7) is 3.28. The van der Waals surface area contributed by atoms with Crippen LogP contribution in [-0.4, -0.2) is 45.6 Å². The number of carbonyl (C=O) groups excluding carboxylic acids is 2. The topological polar surface area (TPSA) is 74.3 Å². The Bertz CT molecular complexity index is 700. The number of nitrogens with zero attached hydrogens (tertiary/aromatic N) is 1. The Hall–Kier alpha value is -2.61. The van der Waals surface area contributed by atoms with Crippen molar-refractivity contribution in [1.82, 2.24) is 0 Å². The molecule has 2 rings (SSSR count). The number of hydrogen-bond acceptors (Lipinski definition) is 7. The molecule has 1 aromatic carbocycles. The summed E-state index contributed by atoms with van der Waals surface area (Å²) in [5.41, 5.74) is -0.212. The van der Waals surface area contributed by atoms with Gasteiger partial charge in [0, 0.05) is 0 Å². The van der Waals surface area contributed by atoms with Crippen LogP contribution in [0.15, 0.2) is 29.5 Å². The molecule has 0 unspecified atom stereocenters. The van der Waals surface area contributed by atoms with Gasteiger partial charge in [-0.05, 0) is 26.0 Å². The zero-order valence-corrected chi connectivity index (χ0v) is 14.5. The first-order chi connectivity index (χ1) is 11.9. The van der Waals surface area contributed by atoms with E-state index in [1.165, 1.54) is 31.3 Å². The van der Waals surface area contributed by atoms with Crippen LogP contribution in [0.2, 0.25) is 0 Å². The number of para-hydroxylation sites is 1. The average Bonchev–Trinajstić information content (AvgIpc) is 2.59. The van der Waals surface area contributed by atoms with Crippen LogP contribution < -0.4 is 9.64 Å². The lowest BCUT2D eigenvalue weighted by Gasteiger charge is -2.32. The van der Waals surface area contributed by atoms with Crippen LogP contribution in [0, 0.1) is 5.82 Å². The van der Waals surface area contributed by atoms with E-state index in [0.29, 0.717) is 0 Å². The number of rotatable bonds is 5. The van der Waals surface area contributed by atoms with Crippen molar-refractivity contribution in [2.75, 3.05) is 32.5 Å². The molecule has 0 aromatic heterocycles. The average molecular weight is 353 g/mol. The van der Waals surface area contributed by atoms with Gasteiger partial charge in [-0.3, -0.25) is 0 Å². The van der Waals surface area contributed by atoms with E-state index in [1.54, 1.807) is 19.9 Å². The Morgan fingerprint density at radius 1 is 1.20 bits per heavy atom. The van der Waals surface area contributed by atoms with E-state index in [1.807, 2.05) is 0 Å². The van der Waals surface area contributed by atoms with Crippen molar-refractivity contribution < 1.29 is 32.9 Å². The number of hydrogen-bond donors (Lipinski definition) is 0. The number of esters is 2. The van der Waals surface area contributed by atoms with Gasteiger partial charge in [0.25, 0.3) is 0 Å². The van der Waals surface area contributed by atoms with Crippen LogP contribution in [0.4, 0.5) is 10.1 Å². The molecular weight excluding hydrogens is 333 g/mol. The molecule has 0 N–H and O–H groups in total. The van der Waals surface area contributed by atoms with E-state index in [4.69, 9.17) is 14.2 Å². The SMILES string of the molecule is COC(=O)C1=C(C(=O)OC)N(c2c(F)cccc2OC(C)C)COC1. The Kier molecular flexibility index (Phi) is 5.97. The third kappa shape index (κ3) is 3.90. The van der Waals surface area contributed by atoms with Crippen LogP contribution in [0.1, 0.15) is 13.8 Å². The molecule has 0 fully saturated rings. The maximum atomic E-state index is 14.6. The first-order valence-corrected chi connectivity index (χ1v) is 7.60. The fourth-order valence-electron chi connectivity index (χ4n) is 2.43. The maximum Gasteiger partial charge on any atom is 0.355 e. The molecule has 0 spiro atoms. The highest BCUT2D eigenvalue weighted by molar-refractivity contribution is 6.03. The lowest BCUT2D eigenvalue weighted by atomic mass is 10.1. The minimum absolute atomic E-state index is 0.0160. The molecule has 0 atom stereocenters. The lowest BCUT2D eigenvalue weighted by Crippen LogP contribution is -2.39. The molecule has 0 aliphatic carbocycles. The van der Waals surface area contributed by atoms with Crippen LogP contribution in [0.3, 0.4) is 0 Å². The van der Waals surface area contributed by atoms with Crippen LogP contribution in [0.25, 0.3) is 0 Å². The van der Waals surface area contributed by atoms with E-state index < -0.39 is 17.8 Å². The monoisotopic (exact) mass is 353 g/mol. The highest BCUT2D eigenvalue weighted by atomic mass is 19.1. The standard InChI is InChI=1S/C17H20FNO6/c1-10(2)25-13-7-5-6-12(18)15(13)19-9-24-8-11(16(20)22-3)14(19)17(21)23-4/h5-7,10H,8-9H2,1-4H3. The largest absolute Gasteiger partial charge is 0.489 e. The van der Waals surface area contributed by atoms with Crippen molar-refractivity contribution in [2.45, 2.75) is 20.0 Å². The third-order valence-electron chi connectivity index (χ3n) is 3.42. The van der Waals surface area contributed by atoms with Crippen molar-refractivity contribution in [2.24, 2.45) is 0 Å². The van der Waals surface area contributed by atoms with Gasteiger partial charge in [-0.2, -0.15) is 0 Å². The summed E-state index contributed by atoms with van der Waals surface area (Å²) in [5, 5.41) is 0. The molecule has 1 aliphatic rings. The smallest absolute Gasteiger partial charge is 0.355 e. The number of benzene rings is 1. The zero-order chi connectivity index (χ0) is 18.6. The molecule has 1 aliphatic heterocycles. The highest BCUT2D eigenvalue weighted by Gasteiger charge is 2.35. The summed E-state index contributed by atoms with van der Waals surface area (Å²) in [5.74, 6) is -1.98. The van der Waals surface area contributed by atoms with E-state index >= 15 is 0 Å². The number of ether oxygens (including phenoxy) is 4. The molecule has 1 aromatic rings. The van der Waals surface area contributed by atoms with Crippen molar-refractivity contribution >= 4 is 17.6 Å². The quantitative estimate of drug-likeness (QED) is 0.750. The normalized spacial score (nSPS) is 14.6. The van der Waals surface area contributed by atoms with Crippen molar-refractivity contribution in [1.29, 1.82) is 0 Å². The van der Waals surface area contributed by atoms with Gasteiger partial charge in [0.05, 0.1) is 32.5 Å². The third-order valence-corrected chi connectivity index (χ3v) is 3.42. The summed E-state index contributed by atoms with van der Waals surface area (Å²) in [6, 6.07) is 4.29. The fraction of sp³-hybridized carbons (Fsp3) is 0.412. The molecule has 0 radical (unpaired) electrons. The number of carbonyl (C=O) groups is 2. The molecule has 8 heteroatoms. The Morgan fingerprint density at radius 3 is 2.48 bits per heavy atom. The summed E-state index contributed by atoms with van der Waals surface area (Å²) in [6.07, 6.45) is -0.225. The molecule has 25 heavy (non-hydrogen) atoms. The van der Waals surface area contributed by atoms with E-state index in [2.05, 4.69) is 4.74 Å². The Morgan fingerprint density at radius 2 is 1.88 bits per heavy atom. The predicted octanol–water partition coefficient (Wildman–Crippen LogP) is 2.01. The van der Waals surface area contributed by atoms with Gasteiger partial charge in [-0.15, -0.1) is 0 Å². The highest BCUT2D eigenvalue weighted by Crippen LogP contribution is 2.36. The Labute approximate surface area is 144 Å². The fourth-order valence-corrected chi connectivity index (χ4v) is 2.43. The van der Waals surface area contributed by atoms with Gasteiger partial charge in [0.15, 0.2) is 5.82 Å². The van der Waals surface area contributed by atoms with Crippen molar-refractivity contribution in [3.05, 3.63) is 35.3 Å². The van der Waals surface area contributed by atoms with Gasteiger partial charge >= 0.3 is 11.9 Å². The molecule has 1 heterocycles. The molecule has 136 valence electrons. The second kappa shape index (κ2) is 7.98. The van der Waals surface area contributed by atoms with Crippen molar-refractivity contribution in [3.8, 4) is 5.75 Å². The lowest BCUT2D eigenvalue weighted by molar-refractivity contribution is -0.140. The maximum absolute atomic E-state index is 14.6. The first-order valence-electron chi connectivity index (χ1n) is 7.60. The molecule has 7 nitrogen and oxygen atoms in total. The molecule has 0 bridgehead atoms. The second-order valence-corrected chi connectivity index (χ2v) is 5.47. The van der Waals surface area contributed by atoms with E-state index in [-0.39, 0.29) is 42.1 Å². The zero-order valence-electron chi connectivity index (χ0n) is 14.5. The summed E-state index contributed by atoms with van der Waals surface area (Å²) >= 11 is 0. The van der Waals surface area contributed by atoms with Gasteiger partial charge in [-0.1, -0.05) is 6.07 Å². The van der Waals surface area contributed by atoms with Crippen molar-refractivity contribution in [3.63, 3.8) is 0 Å². The molecule has 0 saturated heterocycles.